The second-order valence-corrected chi connectivity index (χ2v) is 6.56. The number of hydrogen-bond donors (Lipinski definition) is 2. The molecule has 0 aliphatic heterocycles. The molecule has 0 saturated heterocycles. The van der Waals surface area contributed by atoms with Crippen LogP contribution in [0.5, 0.6) is 0 Å². The number of thiazole rings is 1. The van der Waals surface area contributed by atoms with E-state index in [2.05, 4.69) is 15.6 Å². The normalized spacial score (nSPS) is 10.5. The molecule has 0 aliphatic rings. The van der Waals surface area contributed by atoms with Crippen LogP contribution in [0.3, 0.4) is 0 Å². The van der Waals surface area contributed by atoms with Crippen LogP contribution >= 0.6 is 11.3 Å². The van der Waals surface area contributed by atoms with Gasteiger partial charge in [0.1, 0.15) is 11.3 Å². The number of rotatable bonds is 7. The van der Waals surface area contributed by atoms with Crippen molar-refractivity contribution in [1.82, 2.24) is 4.98 Å². The Labute approximate surface area is 144 Å². The van der Waals surface area contributed by atoms with Crippen molar-refractivity contribution in [2.75, 3.05) is 17.2 Å². The molecule has 24 heavy (non-hydrogen) atoms. The lowest BCUT2D eigenvalue weighted by atomic mass is 10.1. The first-order valence-corrected chi connectivity index (χ1v) is 8.52. The number of unbranched alkanes of at least 4 members (excludes halogenated alkanes) is 1. The van der Waals surface area contributed by atoms with Crippen LogP contribution in [0.2, 0.25) is 0 Å². The van der Waals surface area contributed by atoms with Gasteiger partial charge in [-0.25, -0.2) is 4.98 Å². The summed E-state index contributed by atoms with van der Waals surface area (Å²) in [7, 11) is 0. The summed E-state index contributed by atoms with van der Waals surface area (Å²) in [6, 6.07) is 4.70. The molecule has 0 bridgehead atoms. The van der Waals surface area contributed by atoms with Gasteiger partial charge in [0.25, 0.3) is 5.91 Å². The summed E-state index contributed by atoms with van der Waals surface area (Å²) in [5.74, 6) is -0.533. The third-order valence-corrected chi connectivity index (χ3v) is 4.55. The van der Waals surface area contributed by atoms with Crippen LogP contribution in [0.1, 0.15) is 40.7 Å². The van der Waals surface area contributed by atoms with Gasteiger partial charge in [-0.1, -0.05) is 19.4 Å². The first-order valence-electron chi connectivity index (χ1n) is 7.70. The maximum Gasteiger partial charge on any atom is 0.305 e. The molecular formula is C16H20N4O3S. The van der Waals surface area contributed by atoms with Crippen molar-refractivity contribution < 1.29 is 9.72 Å². The quantitative estimate of drug-likeness (QED) is 0.445. The van der Waals surface area contributed by atoms with Crippen LogP contribution in [0, 0.1) is 24.0 Å². The summed E-state index contributed by atoms with van der Waals surface area (Å²) in [6.07, 6.45) is 1.87. The van der Waals surface area contributed by atoms with E-state index < -0.39 is 10.8 Å². The number of carbonyl (C=O) groups excluding carboxylic acids is 1. The summed E-state index contributed by atoms with van der Waals surface area (Å²) in [5, 5.41) is 17.6. The Morgan fingerprint density at radius 1 is 1.38 bits per heavy atom. The summed E-state index contributed by atoms with van der Waals surface area (Å²) in [5.41, 5.74) is 0.996. The summed E-state index contributed by atoms with van der Waals surface area (Å²) in [4.78, 5) is 28.6. The smallest absolute Gasteiger partial charge is 0.305 e. The highest BCUT2D eigenvalue weighted by Gasteiger charge is 2.25. The maximum absolute atomic E-state index is 12.5. The lowest BCUT2D eigenvalue weighted by Crippen LogP contribution is -2.15. The number of amides is 1. The molecule has 0 radical (unpaired) electrons. The Balaban J connectivity index is 2.29. The van der Waals surface area contributed by atoms with E-state index in [0.29, 0.717) is 17.4 Å². The van der Waals surface area contributed by atoms with Crippen LogP contribution in [0.25, 0.3) is 0 Å². The molecule has 0 atom stereocenters. The van der Waals surface area contributed by atoms with Crippen LogP contribution < -0.4 is 10.6 Å². The van der Waals surface area contributed by atoms with E-state index in [4.69, 9.17) is 0 Å². The van der Waals surface area contributed by atoms with Gasteiger partial charge in [-0.15, -0.1) is 11.3 Å². The fourth-order valence-corrected chi connectivity index (χ4v) is 2.97. The number of nitrogens with one attached hydrogen (secondary N) is 2. The van der Waals surface area contributed by atoms with Crippen LogP contribution in [0.15, 0.2) is 18.2 Å². The topological polar surface area (TPSA) is 97.2 Å². The minimum atomic E-state index is -0.533. The molecule has 1 aromatic heterocycles. The maximum atomic E-state index is 12.5. The number of hydrogen-bond acceptors (Lipinski definition) is 6. The lowest BCUT2D eigenvalue weighted by molar-refractivity contribution is -0.384. The van der Waals surface area contributed by atoms with Crippen molar-refractivity contribution >= 4 is 33.8 Å². The van der Waals surface area contributed by atoms with Crippen LogP contribution in [0.4, 0.5) is 16.5 Å². The first kappa shape index (κ1) is 17.9. The third kappa shape index (κ3) is 4.08. The van der Waals surface area contributed by atoms with E-state index in [9.17, 15) is 14.9 Å². The molecule has 0 spiro atoms. The van der Waals surface area contributed by atoms with E-state index >= 15 is 0 Å². The second-order valence-electron chi connectivity index (χ2n) is 5.35. The van der Waals surface area contributed by atoms with Gasteiger partial charge < -0.3 is 5.32 Å². The number of nitrogens with zero attached hydrogens (tertiary/aromatic N) is 2. The SMILES string of the molecule is CCCCNc1cccc(C(=O)Nc2nc(C)c(C)s2)c1[N+](=O)[O-]. The highest BCUT2D eigenvalue weighted by molar-refractivity contribution is 7.15. The second kappa shape index (κ2) is 7.87. The van der Waals surface area contributed by atoms with Crippen molar-refractivity contribution in [3.63, 3.8) is 0 Å². The molecule has 0 saturated carbocycles. The zero-order valence-corrected chi connectivity index (χ0v) is 14.7. The molecule has 2 rings (SSSR count). The van der Waals surface area contributed by atoms with Crippen molar-refractivity contribution in [2.45, 2.75) is 33.6 Å². The Morgan fingerprint density at radius 2 is 2.12 bits per heavy atom. The molecule has 128 valence electrons. The molecule has 1 heterocycles. The molecule has 1 amide bonds. The number of aryl methyl sites for hydroxylation is 2. The standard InChI is InChI=1S/C16H20N4O3S/c1-4-5-9-17-13-8-6-7-12(14(13)20(22)23)15(21)19-16-18-10(2)11(3)24-16/h6-8,17H,4-5,9H2,1-3H3,(H,18,19,21). The van der Waals surface area contributed by atoms with Gasteiger partial charge in [0.2, 0.25) is 0 Å². The number of nitro benzene ring substituents is 1. The highest BCUT2D eigenvalue weighted by Crippen LogP contribution is 2.30. The Bertz CT molecular complexity index is 738. The summed E-state index contributed by atoms with van der Waals surface area (Å²) in [6.45, 7) is 6.41. The summed E-state index contributed by atoms with van der Waals surface area (Å²) < 4.78 is 0. The lowest BCUT2D eigenvalue weighted by Gasteiger charge is -2.09. The van der Waals surface area contributed by atoms with Gasteiger partial charge in [-0.2, -0.15) is 0 Å². The Hall–Kier alpha value is -2.48. The van der Waals surface area contributed by atoms with Crippen LogP contribution in [-0.2, 0) is 0 Å². The molecular weight excluding hydrogens is 328 g/mol. The van der Waals surface area contributed by atoms with Gasteiger partial charge in [0, 0.05) is 11.4 Å². The predicted molar refractivity (Wildman–Crippen MR) is 96.0 cm³/mol. The molecule has 0 unspecified atom stereocenters. The van der Waals surface area contributed by atoms with Gasteiger partial charge in [0.15, 0.2) is 5.13 Å². The zero-order valence-electron chi connectivity index (χ0n) is 13.9. The minimum absolute atomic E-state index is 0.0204. The number of nitro groups is 1. The van der Waals surface area contributed by atoms with Crippen molar-refractivity contribution in [1.29, 1.82) is 0 Å². The highest BCUT2D eigenvalue weighted by atomic mass is 32.1. The molecule has 2 N–H and O–H groups in total. The molecule has 1 aromatic carbocycles. The van der Waals surface area contributed by atoms with E-state index in [1.54, 1.807) is 12.1 Å². The zero-order chi connectivity index (χ0) is 17.7. The number of carbonyl (C=O) groups is 1. The number of anilines is 2. The number of aromatic nitrogens is 1. The van der Waals surface area contributed by atoms with Gasteiger partial charge >= 0.3 is 5.69 Å². The first-order chi connectivity index (χ1) is 11.4. The minimum Gasteiger partial charge on any atom is -0.379 e. The summed E-state index contributed by atoms with van der Waals surface area (Å²) >= 11 is 1.34. The molecule has 2 aromatic rings. The third-order valence-electron chi connectivity index (χ3n) is 3.56. The average Bonchev–Trinajstić information content (AvgIpc) is 2.84. The monoisotopic (exact) mass is 348 g/mol. The molecule has 7 nitrogen and oxygen atoms in total. The molecule has 0 aliphatic carbocycles. The van der Waals surface area contributed by atoms with E-state index in [-0.39, 0.29) is 11.3 Å². The van der Waals surface area contributed by atoms with Gasteiger partial charge in [-0.05, 0) is 32.4 Å². The van der Waals surface area contributed by atoms with Crippen molar-refractivity contribution in [3.05, 3.63) is 44.4 Å². The fraction of sp³-hybridized carbons (Fsp3) is 0.375. The number of benzene rings is 1. The molecule has 8 heteroatoms. The van der Waals surface area contributed by atoms with E-state index in [1.807, 2.05) is 20.8 Å². The van der Waals surface area contributed by atoms with Crippen LogP contribution in [-0.4, -0.2) is 22.4 Å². The van der Waals surface area contributed by atoms with E-state index in [0.717, 1.165) is 23.4 Å². The van der Waals surface area contributed by atoms with Crippen molar-refractivity contribution in [2.24, 2.45) is 0 Å². The Kier molecular flexibility index (Phi) is 5.86. The van der Waals surface area contributed by atoms with E-state index in [1.165, 1.54) is 17.4 Å². The number of para-hydroxylation sites is 1. The van der Waals surface area contributed by atoms with Gasteiger partial charge in [-0.3, -0.25) is 20.2 Å². The van der Waals surface area contributed by atoms with Gasteiger partial charge in [0.05, 0.1) is 10.6 Å². The van der Waals surface area contributed by atoms with Crippen molar-refractivity contribution in [3.8, 4) is 0 Å². The fourth-order valence-electron chi connectivity index (χ4n) is 2.16. The predicted octanol–water partition coefficient (Wildman–Crippen LogP) is 4.13. The largest absolute Gasteiger partial charge is 0.379 e. The molecule has 0 fully saturated rings. The average molecular weight is 348 g/mol. The Morgan fingerprint density at radius 3 is 2.71 bits per heavy atom.